The summed E-state index contributed by atoms with van der Waals surface area (Å²) in [6, 6.07) is 24.4. The van der Waals surface area contributed by atoms with Crippen molar-refractivity contribution in [1.29, 1.82) is 0 Å². The molecular formula is C34H34Cl3N3O4S. The number of carbonyl (C=O) groups is 2. The molecule has 0 aliphatic carbocycles. The number of aryl methyl sites for hydroxylation is 2. The lowest BCUT2D eigenvalue weighted by molar-refractivity contribution is -0.140. The minimum Gasteiger partial charge on any atom is -0.355 e. The van der Waals surface area contributed by atoms with E-state index in [0.717, 1.165) is 15.4 Å². The zero-order valence-corrected chi connectivity index (χ0v) is 28.2. The summed E-state index contributed by atoms with van der Waals surface area (Å²) < 4.78 is 29.5. The summed E-state index contributed by atoms with van der Waals surface area (Å²) in [5.41, 5.74) is 3.10. The molecule has 4 aromatic rings. The minimum absolute atomic E-state index is 0.0205. The first kappa shape index (κ1) is 34.3. The van der Waals surface area contributed by atoms with Crippen molar-refractivity contribution >= 4 is 62.3 Å². The van der Waals surface area contributed by atoms with Crippen LogP contribution in [0.4, 0.5) is 5.69 Å². The third-order valence-corrected chi connectivity index (χ3v) is 9.89. The lowest BCUT2D eigenvalue weighted by Crippen LogP contribution is -2.53. The van der Waals surface area contributed by atoms with Crippen LogP contribution in [0.25, 0.3) is 0 Å². The third-order valence-electron chi connectivity index (χ3n) is 7.29. The maximum Gasteiger partial charge on any atom is 0.264 e. The van der Waals surface area contributed by atoms with Crippen molar-refractivity contribution in [3.8, 4) is 0 Å². The van der Waals surface area contributed by atoms with Crippen molar-refractivity contribution in [2.45, 2.75) is 44.7 Å². The number of nitrogens with zero attached hydrogens (tertiary/aromatic N) is 2. The van der Waals surface area contributed by atoms with Crippen LogP contribution < -0.4 is 9.62 Å². The van der Waals surface area contributed by atoms with Crippen LogP contribution in [0.1, 0.15) is 29.2 Å². The Bertz CT molecular complexity index is 1770. The monoisotopic (exact) mass is 685 g/mol. The van der Waals surface area contributed by atoms with Crippen molar-refractivity contribution in [2.24, 2.45) is 0 Å². The minimum atomic E-state index is -4.24. The Hall–Kier alpha value is -3.56. The van der Waals surface area contributed by atoms with Crippen LogP contribution in [-0.2, 0) is 32.6 Å². The number of rotatable bonds is 12. The normalized spacial score (nSPS) is 12.0. The van der Waals surface area contributed by atoms with Gasteiger partial charge in [0.25, 0.3) is 10.0 Å². The van der Waals surface area contributed by atoms with Crippen molar-refractivity contribution < 1.29 is 18.0 Å². The number of halogens is 3. The highest BCUT2D eigenvalue weighted by Crippen LogP contribution is 2.30. The van der Waals surface area contributed by atoms with E-state index < -0.39 is 28.5 Å². The summed E-state index contributed by atoms with van der Waals surface area (Å²) in [5.74, 6) is -0.978. The SMILES string of the molecule is CCNC(=O)C(Cc1ccccc1)N(Cc1ccc(Cl)cc1Cl)C(=O)CN(c1ccc(Cl)cc1C)S(=O)(=O)c1ccc(C)cc1. The zero-order valence-electron chi connectivity index (χ0n) is 25.1. The number of sulfonamides is 1. The molecule has 0 saturated carbocycles. The molecule has 4 aromatic carbocycles. The van der Waals surface area contributed by atoms with Gasteiger partial charge < -0.3 is 10.2 Å². The van der Waals surface area contributed by atoms with E-state index in [1.807, 2.05) is 37.3 Å². The topological polar surface area (TPSA) is 86.8 Å². The molecule has 0 radical (unpaired) electrons. The molecule has 0 spiro atoms. The Morgan fingerprint density at radius 3 is 2.11 bits per heavy atom. The quantitative estimate of drug-likeness (QED) is 0.170. The van der Waals surface area contributed by atoms with Gasteiger partial charge in [0.15, 0.2) is 0 Å². The summed E-state index contributed by atoms with van der Waals surface area (Å²) in [6.45, 7) is 5.05. The van der Waals surface area contributed by atoms with E-state index in [0.29, 0.717) is 32.7 Å². The number of amides is 2. The zero-order chi connectivity index (χ0) is 32.7. The number of hydrogen-bond acceptors (Lipinski definition) is 4. The standard InChI is InChI=1S/C34H34Cl3N3O4S/c1-4-38-34(42)32(19-25-8-6-5-7-9-25)39(21-26-12-13-28(36)20-30(26)37)33(41)22-40(31-17-14-27(35)18-24(31)3)45(43,44)29-15-10-23(2)11-16-29/h5-18,20,32H,4,19,21-22H2,1-3H3,(H,38,42). The Morgan fingerprint density at radius 1 is 0.844 bits per heavy atom. The summed E-state index contributed by atoms with van der Waals surface area (Å²) in [4.78, 5) is 29.5. The lowest BCUT2D eigenvalue weighted by Gasteiger charge is -2.34. The first-order valence-electron chi connectivity index (χ1n) is 14.3. The highest BCUT2D eigenvalue weighted by molar-refractivity contribution is 7.92. The molecule has 1 N–H and O–H groups in total. The maximum absolute atomic E-state index is 14.5. The molecule has 45 heavy (non-hydrogen) atoms. The van der Waals surface area contributed by atoms with Crippen LogP contribution in [-0.4, -0.2) is 44.3 Å². The molecule has 2 amide bonds. The average molecular weight is 687 g/mol. The predicted molar refractivity (Wildman–Crippen MR) is 182 cm³/mol. The van der Waals surface area contributed by atoms with E-state index in [9.17, 15) is 18.0 Å². The number of anilines is 1. The first-order valence-corrected chi connectivity index (χ1v) is 16.9. The van der Waals surface area contributed by atoms with Gasteiger partial charge in [-0.1, -0.05) is 88.9 Å². The molecule has 0 aliphatic rings. The van der Waals surface area contributed by atoms with E-state index in [-0.39, 0.29) is 29.5 Å². The van der Waals surface area contributed by atoms with Crippen LogP contribution in [0.2, 0.25) is 15.1 Å². The van der Waals surface area contributed by atoms with E-state index in [1.165, 1.54) is 17.0 Å². The Kier molecular flexibility index (Phi) is 11.6. The number of carbonyl (C=O) groups excluding carboxylic acids is 2. The van der Waals surface area contributed by atoms with Gasteiger partial charge in [0.1, 0.15) is 12.6 Å². The molecule has 0 saturated heterocycles. The van der Waals surface area contributed by atoms with Crippen LogP contribution in [0.5, 0.6) is 0 Å². The molecule has 0 bridgehead atoms. The van der Waals surface area contributed by atoms with E-state index in [1.54, 1.807) is 62.4 Å². The van der Waals surface area contributed by atoms with Crippen molar-refractivity contribution in [3.05, 3.63) is 128 Å². The molecule has 0 heterocycles. The molecule has 1 atom stereocenters. The highest BCUT2D eigenvalue weighted by Gasteiger charge is 2.35. The number of nitrogens with one attached hydrogen (secondary N) is 1. The smallest absolute Gasteiger partial charge is 0.264 e. The average Bonchev–Trinajstić information content (AvgIpc) is 2.99. The van der Waals surface area contributed by atoms with Crippen molar-refractivity contribution in [1.82, 2.24) is 10.2 Å². The van der Waals surface area contributed by atoms with E-state index in [4.69, 9.17) is 34.8 Å². The number of likely N-dealkylation sites (N-methyl/N-ethyl adjacent to an activating group) is 1. The molecule has 7 nitrogen and oxygen atoms in total. The molecule has 0 aromatic heterocycles. The highest BCUT2D eigenvalue weighted by atomic mass is 35.5. The van der Waals surface area contributed by atoms with Gasteiger partial charge in [0.2, 0.25) is 11.8 Å². The molecular weight excluding hydrogens is 653 g/mol. The summed E-state index contributed by atoms with van der Waals surface area (Å²) in [7, 11) is -4.24. The van der Waals surface area contributed by atoms with Crippen LogP contribution in [0.15, 0.2) is 95.9 Å². The summed E-state index contributed by atoms with van der Waals surface area (Å²) in [6.07, 6.45) is 0.189. The van der Waals surface area contributed by atoms with Crippen molar-refractivity contribution in [2.75, 3.05) is 17.4 Å². The molecule has 4 rings (SSSR count). The summed E-state index contributed by atoms with van der Waals surface area (Å²) in [5, 5.41) is 3.99. The molecule has 1 unspecified atom stereocenters. The Morgan fingerprint density at radius 2 is 1.49 bits per heavy atom. The number of benzene rings is 4. The maximum atomic E-state index is 14.5. The van der Waals surface area contributed by atoms with Gasteiger partial charge >= 0.3 is 0 Å². The van der Waals surface area contributed by atoms with Crippen LogP contribution in [0, 0.1) is 13.8 Å². The van der Waals surface area contributed by atoms with Gasteiger partial charge in [-0.25, -0.2) is 8.42 Å². The predicted octanol–water partition coefficient (Wildman–Crippen LogP) is 7.24. The second-order valence-corrected chi connectivity index (χ2v) is 13.8. The molecule has 11 heteroatoms. The Balaban J connectivity index is 1.84. The molecule has 0 aliphatic heterocycles. The van der Waals surface area contributed by atoms with Crippen molar-refractivity contribution in [3.63, 3.8) is 0 Å². The van der Waals surface area contributed by atoms with Crippen LogP contribution >= 0.6 is 34.8 Å². The van der Waals surface area contributed by atoms with Gasteiger partial charge in [-0.05, 0) is 79.9 Å². The van der Waals surface area contributed by atoms with E-state index in [2.05, 4.69) is 5.32 Å². The fourth-order valence-corrected chi connectivity index (χ4v) is 7.10. The van der Waals surface area contributed by atoms with Gasteiger partial charge in [0.05, 0.1) is 10.6 Å². The fourth-order valence-electron chi connectivity index (χ4n) is 4.93. The largest absolute Gasteiger partial charge is 0.355 e. The second-order valence-electron chi connectivity index (χ2n) is 10.6. The summed E-state index contributed by atoms with van der Waals surface area (Å²) >= 11 is 18.9. The third kappa shape index (κ3) is 8.58. The molecule has 0 fully saturated rings. The van der Waals surface area contributed by atoms with Crippen LogP contribution in [0.3, 0.4) is 0 Å². The van der Waals surface area contributed by atoms with Gasteiger partial charge in [-0.15, -0.1) is 0 Å². The number of hydrogen-bond donors (Lipinski definition) is 1. The first-order chi connectivity index (χ1) is 21.4. The van der Waals surface area contributed by atoms with Gasteiger partial charge in [0, 0.05) is 34.6 Å². The van der Waals surface area contributed by atoms with Gasteiger partial charge in [-0.3, -0.25) is 13.9 Å². The Labute approximate surface area is 279 Å². The second kappa shape index (κ2) is 15.1. The fraction of sp³-hybridized carbons (Fsp3) is 0.235. The van der Waals surface area contributed by atoms with E-state index >= 15 is 0 Å². The van der Waals surface area contributed by atoms with Gasteiger partial charge in [-0.2, -0.15) is 0 Å². The lowest BCUT2D eigenvalue weighted by atomic mass is 10.0. The molecule has 236 valence electrons.